The highest BCUT2D eigenvalue weighted by Crippen LogP contribution is 2.17. The summed E-state index contributed by atoms with van der Waals surface area (Å²) >= 11 is 6.06. The van der Waals surface area contributed by atoms with Crippen LogP contribution in [0.5, 0.6) is 0 Å². The average Bonchev–Trinajstić information content (AvgIpc) is 3.24. The Morgan fingerprint density at radius 3 is 2.60 bits per heavy atom. The van der Waals surface area contributed by atoms with Crippen LogP contribution in [0.2, 0.25) is 5.02 Å². The van der Waals surface area contributed by atoms with Gasteiger partial charge in [0.25, 0.3) is 5.91 Å². The summed E-state index contributed by atoms with van der Waals surface area (Å²) in [6.07, 6.45) is 4.72. The molecule has 0 saturated heterocycles. The van der Waals surface area contributed by atoms with E-state index < -0.39 is 17.8 Å². The molecule has 1 unspecified atom stereocenters. The first-order valence-electron chi connectivity index (χ1n) is 9.46. The minimum atomic E-state index is -0.760. The molecule has 3 rings (SSSR count). The molecule has 0 radical (unpaired) electrons. The highest BCUT2D eigenvalue weighted by atomic mass is 35.5. The molecule has 0 fully saturated rings. The van der Waals surface area contributed by atoms with Crippen LogP contribution in [0.4, 0.5) is 4.39 Å². The Labute approximate surface area is 179 Å². The fourth-order valence-corrected chi connectivity index (χ4v) is 3.19. The molecule has 0 saturated carbocycles. The molecule has 8 heteroatoms. The van der Waals surface area contributed by atoms with Crippen LogP contribution >= 0.6 is 11.6 Å². The lowest BCUT2D eigenvalue weighted by molar-refractivity contribution is -0.124. The van der Waals surface area contributed by atoms with E-state index in [-0.39, 0.29) is 18.4 Å². The van der Waals surface area contributed by atoms with Gasteiger partial charge in [-0.3, -0.25) is 9.59 Å². The Morgan fingerprint density at radius 1 is 1.20 bits per heavy atom. The number of nitrogens with one attached hydrogen (secondary N) is 2. The number of hydrogen-bond donors (Lipinski definition) is 2. The molecule has 2 amide bonds. The largest absolute Gasteiger partial charge is 0.350 e. The molecule has 1 atom stereocenters. The normalized spacial score (nSPS) is 11.9. The fraction of sp³-hybridized carbons (Fsp3) is 0.227. The van der Waals surface area contributed by atoms with Gasteiger partial charge in [0.15, 0.2) is 0 Å². The summed E-state index contributed by atoms with van der Waals surface area (Å²) in [5.74, 6) is -1.36. The summed E-state index contributed by atoms with van der Waals surface area (Å²) in [5, 5.41) is 5.80. The van der Waals surface area contributed by atoms with E-state index >= 15 is 0 Å². The second kappa shape index (κ2) is 9.54. The third-order valence-electron chi connectivity index (χ3n) is 4.62. The molecule has 0 aliphatic heterocycles. The lowest BCUT2D eigenvalue weighted by Gasteiger charge is -2.22. The standard InChI is InChI=1S/C22H22ClFN4O2/c1-14(2)20(27-21(29)16-5-3-4-6-17(16)23)22(30)26-12-15-7-8-19(18(24)11-15)28-10-9-25-13-28/h3-11,13-14,20H,12H2,1-2H3,(H,26,30)(H,27,29). The van der Waals surface area contributed by atoms with E-state index in [2.05, 4.69) is 15.6 Å². The summed E-state index contributed by atoms with van der Waals surface area (Å²) < 4.78 is 16.0. The van der Waals surface area contributed by atoms with Crippen molar-refractivity contribution in [3.05, 3.63) is 83.2 Å². The maximum absolute atomic E-state index is 14.4. The molecule has 1 aromatic heterocycles. The summed E-state index contributed by atoms with van der Waals surface area (Å²) in [4.78, 5) is 29.1. The van der Waals surface area contributed by atoms with Crippen LogP contribution in [0, 0.1) is 11.7 Å². The van der Waals surface area contributed by atoms with E-state index in [0.29, 0.717) is 21.8 Å². The van der Waals surface area contributed by atoms with Crippen LogP contribution in [-0.4, -0.2) is 27.4 Å². The number of carbonyl (C=O) groups is 2. The topological polar surface area (TPSA) is 76.0 Å². The first kappa shape index (κ1) is 21.5. The van der Waals surface area contributed by atoms with Gasteiger partial charge in [0.05, 0.1) is 22.6 Å². The molecule has 6 nitrogen and oxygen atoms in total. The predicted octanol–water partition coefficient (Wildman–Crippen LogP) is 3.74. The van der Waals surface area contributed by atoms with Crippen molar-refractivity contribution in [3.8, 4) is 5.69 Å². The molecular weight excluding hydrogens is 407 g/mol. The number of nitrogens with zero attached hydrogens (tertiary/aromatic N) is 2. The molecular formula is C22H22ClFN4O2. The van der Waals surface area contributed by atoms with Gasteiger partial charge >= 0.3 is 0 Å². The second-order valence-electron chi connectivity index (χ2n) is 7.15. The van der Waals surface area contributed by atoms with E-state index in [1.165, 1.54) is 12.4 Å². The smallest absolute Gasteiger partial charge is 0.253 e. The van der Waals surface area contributed by atoms with Crippen LogP contribution in [-0.2, 0) is 11.3 Å². The lowest BCUT2D eigenvalue weighted by Crippen LogP contribution is -2.49. The zero-order valence-electron chi connectivity index (χ0n) is 16.6. The molecule has 3 aromatic rings. The predicted molar refractivity (Wildman–Crippen MR) is 113 cm³/mol. The Bertz CT molecular complexity index is 1040. The number of rotatable bonds is 7. The summed E-state index contributed by atoms with van der Waals surface area (Å²) in [5.41, 5.74) is 1.27. The van der Waals surface area contributed by atoms with Crippen molar-refractivity contribution in [2.75, 3.05) is 0 Å². The number of benzene rings is 2. The fourth-order valence-electron chi connectivity index (χ4n) is 2.97. The summed E-state index contributed by atoms with van der Waals surface area (Å²) in [7, 11) is 0. The summed E-state index contributed by atoms with van der Waals surface area (Å²) in [6.45, 7) is 3.79. The van der Waals surface area contributed by atoms with Crippen molar-refractivity contribution in [2.24, 2.45) is 5.92 Å². The molecule has 0 bridgehead atoms. The first-order valence-corrected chi connectivity index (χ1v) is 9.84. The van der Waals surface area contributed by atoms with Gasteiger partial charge in [-0.1, -0.05) is 43.6 Å². The molecule has 0 spiro atoms. The number of hydrogen-bond acceptors (Lipinski definition) is 3. The second-order valence-corrected chi connectivity index (χ2v) is 7.56. The highest BCUT2D eigenvalue weighted by molar-refractivity contribution is 6.33. The van der Waals surface area contributed by atoms with E-state index in [9.17, 15) is 14.0 Å². The molecule has 0 aliphatic rings. The Hall–Kier alpha value is -3.19. The zero-order valence-corrected chi connectivity index (χ0v) is 17.4. The van der Waals surface area contributed by atoms with Gasteiger partial charge in [0.2, 0.25) is 5.91 Å². The van der Waals surface area contributed by atoms with Crippen molar-refractivity contribution in [1.82, 2.24) is 20.2 Å². The number of aromatic nitrogens is 2. The Kier molecular flexibility index (Phi) is 6.84. The van der Waals surface area contributed by atoms with Gasteiger partial charge in [-0.05, 0) is 35.7 Å². The zero-order chi connectivity index (χ0) is 21.7. The maximum atomic E-state index is 14.4. The van der Waals surface area contributed by atoms with Crippen molar-refractivity contribution in [3.63, 3.8) is 0 Å². The van der Waals surface area contributed by atoms with Gasteiger partial charge in [0, 0.05) is 18.9 Å². The van der Waals surface area contributed by atoms with Crippen molar-refractivity contribution < 1.29 is 14.0 Å². The number of halogens is 2. The molecule has 2 aromatic carbocycles. The van der Waals surface area contributed by atoms with Crippen LogP contribution in [0.3, 0.4) is 0 Å². The Morgan fingerprint density at radius 2 is 1.97 bits per heavy atom. The van der Waals surface area contributed by atoms with Gasteiger partial charge in [-0.25, -0.2) is 9.37 Å². The van der Waals surface area contributed by atoms with E-state index in [0.717, 1.165) is 0 Å². The quantitative estimate of drug-likeness (QED) is 0.602. The third kappa shape index (κ3) is 5.04. The monoisotopic (exact) mass is 428 g/mol. The van der Waals surface area contributed by atoms with Gasteiger partial charge in [-0.15, -0.1) is 0 Å². The number of imidazole rings is 1. The SMILES string of the molecule is CC(C)C(NC(=O)c1ccccc1Cl)C(=O)NCc1ccc(-n2ccnc2)c(F)c1. The van der Waals surface area contributed by atoms with Gasteiger partial charge in [0.1, 0.15) is 11.9 Å². The van der Waals surface area contributed by atoms with Crippen LogP contribution in [0.15, 0.2) is 61.2 Å². The lowest BCUT2D eigenvalue weighted by atomic mass is 10.0. The molecule has 0 aliphatic carbocycles. The summed E-state index contributed by atoms with van der Waals surface area (Å²) in [6, 6.07) is 10.6. The van der Waals surface area contributed by atoms with Gasteiger partial charge in [-0.2, -0.15) is 0 Å². The number of carbonyl (C=O) groups excluding carboxylic acids is 2. The van der Waals surface area contributed by atoms with Crippen LogP contribution < -0.4 is 10.6 Å². The van der Waals surface area contributed by atoms with E-state index in [4.69, 9.17) is 11.6 Å². The van der Waals surface area contributed by atoms with Crippen molar-refractivity contribution >= 4 is 23.4 Å². The maximum Gasteiger partial charge on any atom is 0.253 e. The molecule has 156 valence electrons. The molecule has 1 heterocycles. The first-order chi connectivity index (χ1) is 14.4. The van der Waals surface area contributed by atoms with Crippen molar-refractivity contribution in [1.29, 1.82) is 0 Å². The van der Waals surface area contributed by atoms with E-state index in [1.54, 1.807) is 53.4 Å². The molecule has 2 N–H and O–H groups in total. The number of amides is 2. The van der Waals surface area contributed by atoms with E-state index in [1.807, 2.05) is 13.8 Å². The third-order valence-corrected chi connectivity index (χ3v) is 4.95. The highest BCUT2D eigenvalue weighted by Gasteiger charge is 2.25. The van der Waals surface area contributed by atoms with Gasteiger partial charge < -0.3 is 15.2 Å². The minimum absolute atomic E-state index is 0.130. The average molecular weight is 429 g/mol. The van der Waals surface area contributed by atoms with Crippen molar-refractivity contribution in [2.45, 2.75) is 26.4 Å². The minimum Gasteiger partial charge on any atom is -0.350 e. The van der Waals surface area contributed by atoms with Crippen LogP contribution in [0.1, 0.15) is 29.8 Å². The Balaban J connectivity index is 1.65. The molecule has 30 heavy (non-hydrogen) atoms. The van der Waals surface area contributed by atoms with Crippen LogP contribution in [0.25, 0.3) is 5.69 Å².